The summed E-state index contributed by atoms with van der Waals surface area (Å²) in [4.78, 5) is 9.00. The molecule has 3 N–H and O–H groups in total. The third-order valence-corrected chi connectivity index (χ3v) is 1.99. The number of para-hydroxylation sites is 1. The summed E-state index contributed by atoms with van der Waals surface area (Å²) >= 11 is 11.1. The van der Waals surface area contributed by atoms with Crippen molar-refractivity contribution >= 4 is 34.9 Å². The molecule has 0 saturated heterocycles. The SMILES string of the molecule is CC(=O)O.Clc1cccc(Cl)c1.Nc1[c-]cccc1.[Na+]. The largest absolute Gasteiger partial charge is 1.00 e. The molecule has 0 saturated carbocycles. The Bertz CT molecular complexity index is 474. The molecule has 2 rings (SSSR count). The van der Waals surface area contributed by atoms with E-state index in [1.165, 1.54) is 0 Å². The number of aliphatic carboxylic acids is 1. The number of benzene rings is 2. The molecular formula is C14H14Cl2NNaO2. The summed E-state index contributed by atoms with van der Waals surface area (Å²) in [6.45, 7) is 1.08. The Morgan fingerprint density at radius 2 is 1.65 bits per heavy atom. The molecule has 0 radical (unpaired) electrons. The Hall–Kier alpha value is -0.710. The van der Waals surface area contributed by atoms with Crippen molar-refractivity contribution in [3.63, 3.8) is 0 Å². The van der Waals surface area contributed by atoms with Crippen LogP contribution in [0.25, 0.3) is 0 Å². The predicted octanol–water partition coefficient (Wildman–Crippen LogP) is 1.16. The summed E-state index contributed by atoms with van der Waals surface area (Å²) in [5.41, 5.74) is 6.00. The molecule has 20 heavy (non-hydrogen) atoms. The fourth-order valence-corrected chi connectivity index (χ4v) is 1.30. The summed E-state index contributed by atoms with van der Waals surface area (Å²) < 4.78 is 0. The van der Waals surface area contributed by atoms with Crippen LogP contribution in [0.1, 0.15) is 6.92 Å². The van der Waals surface area contributed by atoms with Crippen LogP contribution in [0.2, 0.25) is 10.0 Å². The van der Waals surface area contributed by atoms with Gasteiger partial charge in [0.25, 0.3) is 5.97 Å². The quantitative estimate of drug-likeness (QED) is 0.435. The van der Waals surface area contributed by atoms with Crippen LogP contribution >= 0.6 is 23.2 Å². The summed E-state index contributed by atoms with van der Waals surface area (Å²) in [6.07, 6.45) is 0. The maximum Gasteiger partial charge on any atom is 1.00 e. The van der Waals surface area contributed by atoms with Crippen molar-refractivity contribution in [1.82, 2.24) is 0 Å². The van der Waals surface area contributed by atoms with E-state index in [1.807, 2.05) is 18.2 Å². The van der Waals surface area contributed by atoms with E-state index in [9.17, 15) is 0 Å². The first-order valence-corrected chi connectivity index (χ1v) is 6.00. The Kier molecular flexibility index (Phi) is 14.3. The average Bonchev–Trinajstić information content (AvgIpc) is 2.29. The van der Waals surface area contributed by atoms with Crippen molar-refractivity contribution in [3.05, 3.63) is 64.6 Å². The monoisotopic (exact) mass is 321 g/mol. The van der Waals surface area contributed by atoms with Crippen molar-refractivity contribution in [2.45, 2.75) is 6.92 Å². The van der Waals surface area contributed by atoms with E-state index in [2.05, 4.69) is 6.07 Å². The molecule has 2 aromatic rings. The third kappa shape index (κ3) is 15.3. The standard InChI is InChI=1S/C6H4Cl2.C6H6N.C2H4O2.Na/c7-5-2-1-3-6(8)4-5;7-6-4-2-1-3-5-6;1-2(3)4;/h1-4H;1-4H,7H2;1H3,(H,3,4);/q;-1;;+1. The zero-order valence-corrected chi connectivity index (χ0v) is 14.8. The first kappa shape index (κ1) is 21.6. The first-order chi connectivity index (χ1) is 8.91. The number of hydrogen-bond acceptors (Lipinski definition) is 2. The van der Waals surface area contributed by atoms with Gasteiger partial charge < -0.3 is 10.8 Å². The molecule has 0 heterocycles. The fraction of sp³-hybridized carbons (Fsp3) is 0.0714. The summed E-state index contributed by atoms with van der Waals surface area (Å²) in [6, 6.07) is 17.2. The van der Waals surface area contributed by atoms with E-state index in [1.54, 1.807) is 30.3 Å². The van der Waals surface area contributed by atoms with Gasteiger partial charge in [-0.25, -0.2) is 0 Å². The van der Waals surface area contributed by atoms with Crippen molar-refractivity contribution in [2.75, 3.05) is 5.73 Å². The third-order valence-electron chi connectivity index (χ3n) is 1.52. The minimum Gasteiger partial charge on any atom is -0.481 e. The number of rotatable bonds is 0. The van der Waals surface area contributed by atoms with Crippen molar-refractivity contribution in [1.29, 1.82) is 0 Å². The van der Waals surface area contributed by atoms with Gasteiger partial charge in [-0.2, -0.15) is 24.3 Å². The van der Waals surface area contributed by atoms with Gasteiger partial charge in [-0.1, -0.05) is 35.0 Å². The van der Waals surface area contributed by atoms with Crippen LogP contribution < -0.4 is 35.3 Å². The van der Waals surface area contributed by atoms with E-state index < -0.39 is 5.97 Å². The smallest absolute Gasteiger partial charge is 0.481 e. The topological polar surface area (TPSA) is 63.3 Å². The zero-order chi connectivity index (χ0) is 14.7. The number of nitrogens with two attached hydrogens (primary N) is 1. The molecule has 0 spiro atoms. The molecule has 3 nitrogen and oxygen atoms in total. The molecule has 0 aliphatic heterocycles. The summed E-state index contributed by atoms with van der Waals surface area (Å²) in [5, 5.41) is 8.77. The van der Waals surface area contributed by atoms with Gasteiger partial charge in [0.05, 0.1) is 0 Å². The number of anilines is 1. The Morgan fingerprint density at radius 3 is 1.85 bits per heavy atom. The molecule has 2 aromatic carbocycles. The second kappa shape index (κ2) is 13.3. The van der Waals surface area contributed by atoms with E-state index >= 15 is 0 Å². The number of carbonyl (C=O) groups is 1. The van der Waals surface area contributed by atoms with Gasteiger partial charge in [0.15, 0.2) is 0 Å². The number of carboxylic acid groups (broad SMARTS) is 1. The molecule has 0 aromatic heterocycles. The van der Waals surface area contributed by atoms with Gasteiger partial charge in [-0.3, -0.25) is 4.79 Å². The van der Waals surface area contributed by atoms with Gasteiger partial charge in [-0.05, 0) is 18.2 Å². The molecular weight excluding hydrogens is 308 g/mol. The molecule has 102 valence electrons. The average molecular weight is 322 g/mol. The fourth-order valence-electron chi connectivity index (χ4n) is 0.867. The molecule has 0 fully saturated rings. The second-order valence-electron chi connectivity index (χ2n) is 3.28. The van der Waals surface area contributed by atoms with E-state index in [-0.39, 0.29) is 29.6 Å². The minimum atomic E-state index is -0.833. The van der Waals surface area contributed by atoms with Crippen molar-refractivity contribution in [3.8, 4) is 0 Å². The Morgan fingerprint density at radius 1 is 1.15 bits per heavy atom. The second-order valence-corrected chi connectivity index (χ2v) is 4.15. The van der Waals surface area contributed by atoms with Crippen LogP contribution in [-0.4, -0.2) is 11.1 Å². The predicted molar refractivity (Wildman–Crippen MR) is 79.5 cm³/mol. The van der Waals surface area contributed by atoms with Gasteiger partial charge in [0.1, 0.15) is 0 Å². The maximum atomic E-state index is 9.00. The molecule has 0 atom stereocenters. The van der Waals surface area contributed by atoms with E-state index in [0.717, 1.165) is 6.92 Å². The van der Waals surface area contributed by atoms with Crippen LogP contribution in [0.15, 0.2) is 48.5 Å². The van der Waals surface area contributed by atoms with Crippen molar-refractivity contribution < 1.29 is 39.5 Å². The number of hydrogen-bond donors (Lipinski definition) is 2. The Balaban J connectivity index is 0. The minimum absolute atomic E-state index is 0. The molecule has 0 aliphatic rings. The van der Waals surface area contributed by atoms with E-state index in [0.29, 0.717) is 15.7 Å². The van der Waals surface area contributed by atoms with Crippen LogP contribution in [-0.2, 0) is 4.79 Å². The van der Waals surface area contributed by atoms with E-state index in [4.69, 9.17) is 38.8 Å². The first-order valence-electron chi connectivity index (χ1n) is 5.24. The van der Waals surface area contributed by atoms with Gasteiger partial charge in [-0.15, -0.1) is 6.07 Å². The van der Waals surface area contributed by atoms with Crippen LogP contribution in [0.3, 0.4) is 0 Å². The zero-order valence-electron chi connectivity index (χ0n) is 11.3. The summed E-state index contributed by atoms with van der Waals surface area (Å²) in [5.74, 6) is -0.833. The normalized spacial score (nSPS) is 7.95. The van der Waals surface area contributed by atoms with Gasteiger partial charge >= 0.3 is 29.6 Å². The van der Waals surface area contributed by atoms with Crippen LogP contribution in [0.5, 0.6) is 0 Å². The number of nitrogen functional groups attached to an aromatic ring is 1. The van der Waals surface area contributed by atoms with Crippen LogP contribution in [0.4, 0.5) is 5.69 Å². The number of carboxylic acids is 1. The molecule has 0 aliphatic carbocycles. The summed E-state index contributed by atoms with van der Waals surface area (Å²) in [7, 11) is 0. The molecule has 0 bridgehead atoms. The van der Waals surface area contributed by atoms with Crippen LogP contribution in [0, 0.1) is 6.07 Å². The van der Waals surface area contributed by atoms with Gasteiger partial charge in [0.2, 0.25) is 0 Å². The molecule has 6 heteroatoms. The molecule has 0 amide bonds. The molecule has 0 unspecified atom stereocenters. The maximum absolute atomic E-state index is 9.00. The van der Waals surface area contributed by atoms with Crippen molar-refractivity contribution in [2.24, 2.45) is 0 Å². The van der Waals surface area contributed by atoms with Gasteiger partial charge in [0, 0.05) is 17.0 Å². The number of halogens is 2. The Labute approximate surface area is 151 Å².